The predicted molar refractivity (Wildman–Crippen MR) is 238 cm³/mol. The molecule has 0 amide bonds. The first kappa shape index (κ1) is 24.1. The summed E-state index contributed by atoms with van der Waals surface area (Å²) in [6, 6.07) is 36.1. The minimum Gasteiger partial charge on any atom is -0.501 e. The molecule has 0 saturated carbocycles. The topological polar surface area (TPSA) is 75.6 Å². The van der Waals surface area contributed by atoms with Gasteiger partial charge >= 0.3 is 20.1 Å². The van der Waals surface area contributed by atoms with E-state index >= 15 is 0 Å². The van der Waals surface area contributed by atoms with E-state index in [0.717, 1.165) is 36.8 Å². The molecule has 1 aliphatic carbocycles. The zero-order chi connectivity index (χ0) is 56.3. The molecule has 0 radical (unpaired) electrons. The van der Waals surface area contributed by atoms with Crippen LogP contribution in [-0.2, 0) is 71.1 Å². The molecule has 1 aliphatic rings. The third kappa shape index (κ3) is 8.59. The minimum atomic E-state index is -3.50. The molecular formula is C55H41IrN4O. The number of nitrogens with zero attached hydrogens (tertiary/aromatic N) is 4. The van der Waals surface area contributed by atoms with Gasteiger partial charge in [0.05, 0.1) is 20.0 Å². The van der Waals surface area contributed by atoms with Crippen molar-refractivity contribution in [2.45, 2.75) is 57.4 Å². The van der Waals surface area contributed by atoms with Gasteiger partial charge in [0.15, 0.2) is 0 Å². The zero-order valence-electron chi connectivity index (χ0n) is 49.9. The van der Waals surface area contributed by atoms with E-state index in [9.17, 15) is 27.2 Å². The van der Waals surface area contributed by atoms with Gasteiger partial charge in [-0.3, -0.25) is 0 Å². The van der Waals surface area contributed by atoms with E-state index in [4.69, 9.17) is 7.16 Å². The molecule has 0 fully saturated rings. The molecule has 6 heteroatoms. The normalized spacial score (nSPS) is 19.4. The van der Waals surface area contributed by atoms with E-state index in [1.165, 1.54) is 36.4 Å². The van der Waals surface area contributed by atoms with Gasteiger partial charge in [-0.2, -0.15) is 5.26 Å². The summed E-state index contributed by atoms with van der Waals surface area (Å²) in [5.41, 5.74) is -3.61. The molecule has 296 valence electrons. The Hall–Kier alpha value is -6.51. The summed E-state index contributed by atoms with van der Waals surface area (Å²) in [5, 5.41) is 10.2. The number of hydrogen-bond acceptors (Lipinski definition) is 5. The largest absolute Gasteiger partial charge is 3.00 e. The average Bonchev–Trinajstić information content (AvgIpc) is 3.75. The van der Waals surface area contributed by atoms with E-state index in [0.29, 0.717) is 27.9 Å². The maximum absolute atomic E-state index is 9.72. The molecule has 0 N–H and O–H groups in total. The first-order valence-electron chi connectivity index (χ1n) is 27.8. The minimum absolute atomic E-state index is 0. The fraction of sp³-hybridized carbons (Fsp3) is 0.164. The van der Waals surface area contributed by atoms with Gasteiger partial charge in [-0.1, -0.05) is 65.0 Å². The number of fused-ring (bicyclic) bond motifs is 4. The van der Waals surface area contributed by atoms with Gasteiger partial charge < -0.3 is 19.4 Å². The monoisotopic (exact) mass is 984 g/mol. The molecule has 0 aliphatic heterocycles. The van der Waals surface area contributed by atoms with Crippen molar-refractivity contribution in [1.29, 1.82) is 5.26 Å². The molecule has 0 saturated heterocycles. The number of aryl methyl sites for hydroxylation is 6. The van der Waals surface area contributed by atoms with Gasteiger partial charge in [0, 0.05) is 45.9 Å². The molecule has 9 aromatic rings. The SMILES string of the molecule is [2H]c1cc2c(oc3c(-c4ncc(C([2H])([2H])C([2H])([2H])c5cc(C([2H])([2H])C([2H])([2H])c6ccc(-c7[c-]cccc7)nc6)cc(C([2H])([2H])C([2H])([2H])c6ccc(-c7[c-]cccc7)nc6)c5)c5c4C([2H])([2H])CC5([2H])[2H])[c-]ccc32)c([2H])c1C#N.[Ir+3]. The second kappa shape index (κ2) is 18.0. The van der Waals surface area contributed by atoms with Crippen LogP contribution in [0.2, 0.25) is 0 Å². The second-order valence-electron chi connectivity index (χ2n) is 13.6. The Bertz CT molecular complexity index is 3760. The number of hydrogen-bond donors (Lipinski definition) is 0. The van der Waals surface area contributed by atoms with Crippen molar-refractivity contribution in [2.24, 2.45) is 0 Å². The van der Waals surface area contributed by atoms with Gasteiger partial charge in [-0.15, -0.1) is 90.0 Å². The maximum atomic E-state index is 9.72. The van der Waals surface area contributed by atoms with Crippen molar-refractivity contribution in [1.82, 2.24) is 15.0 Å². The predicted octanol–water partition coefficient (Wildman–Crippen LogP) is 11.9. The summed E-state index contributed by atoms with van der Waals surface area (Å²) in [6.07, 6.45) is -22.8. The molecule has 10 rings (SSSR count). The molecule has 0 unspecified atom stereocenters. The van der Waals surface area contributed by atoms with Crippen LogP contribution in [0.3, 0.4) is 0 Å². The Morgan fingerprint density at radius 1 is 0.656 bits per heavy atom. The smallest absolute Gasteiger partial charge is 0.501 e. The molecule has 4 aromatic heterocycles. The van der Waals surface area contributed by atoms with Crippen molar-refractivity contribution >= 4 is 21.9 Å². The number of nitriles is 1. The number of aromatic nitrogens is 3. The molecule has 5 nitrogen and oxygen atoms in total. The third-order valence-corrected chi connectivity index (χ3v) is 9.72. The molecule has 0 spiro atoms. The van der Waals surface area contributed by atoms with Crippen molar-refractivity contribution in [3.63, 3.8) is 0 Å². The quantitative estimate of drug-likeness (QED) is 0.114. The van der Waals surface area contributed by atoms with E-state index < -0.39 is 90.8 Å². The first-order chi connectivity index (χ1) is 36.5. The molecule has 0 bridgehead atoms. The fourth-order valence-corrected chi connectivity index (χ4v) is 6.85. The van der Waals surface area contributed by atoms with Crippen LogP contribution in [0, 0.1) is 29.5 Å². The van der Waals surface area contributed by atoms with E-state index in [1.807, 2.05) is 6.07 Å². The first-order valence-corrected chi connectivity index (χ1v) is 18.8. The summed E-state index contributed by atoms with van der Waals surface area (Å²) in [7, 11) is 0. The standard InChI is InChI=1S/C55H41N4O.Ir/c56-33-42-22-26-47-49-15-8-16-50(55(49)60-53(47)32-42)54-48-14-7-13-46(48)45(36-59-54)25-21-41-30-39(19-17-37-23-27-51(57-34-37)43-9-3-1-4-10-43)29-40(31-41)20-18-38-24-28-52(58-35-38)44-11-5-2-6-12-44;/h1-6,8-9,11,15,22-24,26-32,34-36H,7,13-14,17-21,25H2;/q-3;+3/i13D2,14D2,17D2,18D2,19D2,20D2,21D2,22D,25D2,32D;. The van der Waals surface area contributed by atoms with Crippen LogP contribution in [0.5, 0.6) is 0 Å². The molecule has 61 heavy (non-hydrogen) atoms. The summed E-state index contributed by atoms with van der Waals surface area (Å²) >= 11 is 0. The van der Waals surface area contributed by atoms with Gasteiger partial charge in [-0.05, 0) is 126 Å². The second-order valence-corrected chi connectivity index (χ2v) is 13.6. The van der Waals surface area contributed by atoms with Crippen LogP contribution in [0.1, 0.15) is 81.2 Å². The molecule has 4 heterocycles. The fourth-order valence-electron chi connectivity index (χ4n) is 6.85. The van der Waals surface area contributed by atoms with Gasteiger partial charge in [0.1, 0.15) is 5.58 Å². The van der Waals surface area contributed by atoms with Crippen LogP contribution in [-0.4, -0.2) is 15.0 Å². The van der Waals surface area contributed by atoms with Crippen molar-refractivity contribution < 1.29 is 49.2 Å². The molecule has 5 aromatic carbocycles. The Kier molecular flexibility index (Phi) is 7.10. The van der Waals surface area contributed by atoms with Crippen molar-refractivity contribution in [3.05, 3.63) is 208 Å². The summed E-state index contributed by atoms with van der Waals surface area (Å²) < 4.78 is 174. The van der Waals surface area contributed by atoms with Crippen LogP contribution >= 0.6 is 0 Å². The number of furan rings is 1. The van der Waals surface area contributed by atoms with Gasteiger partial charge in [-0.25, -0.2) is 0 Å². The van der Waals surface area contributed by atoms with E-state index in [2.05, 4.69) is 33.2 Å². The molecule has 0 atom stereocenters. The Labute approximate surface area is 395 Å². The van der Waals surface area contributed by atoms with Crippen LogP contribution in [0.25, 0.3) is 55.7 Å². The zero-order valence-corrected chi connectivity index (χ0v) is 34.3. The van der Waals surface area contributed by atoms with Crippen LogP contribution in [0.15, 0.2) is 144 Å². The van der Waals surface area contributed by atoms with Gasteiger partial charge in [0.2, 0.25) is 0 Å². The molecular weight excluding hydrogens is 925 g/mol. The Morgan fingerprint density at radius 2 is 1.28 bits per heavy atom. The summed E-state index contributed by atoms with van der Waals surface area (Å²) in [6.45, 7) is 0. The number of pyridine rings is 3. The average molecular weight is 984 g/mol. The summed E-state index contributed by atoms with van der Waals surface area (Å²) in [5.74, 6) is 0. The van der Waals surface area contributed by atoms with Crippen molar-refractivity contribution in [2.75, 3.05) is 0 Å². The number of rotatable bonds is 12. The van der Waals surface area contributed by atoms with E-state index in [-0.39, 0.29) is 76.7 Å². The Balaban J connectivity index is 0.00000757. The van der Waals surface area contributed by atoms with Crippen LogP contribution < -0.4 is 0 Å². The Morgan fingerprint density at radius 3 is 1.87 bits per heavy atom. The number of benzene rings is 5. The van der Waals surface area contributed by atoms with Crippen molar-refractivity contribution in [3.8, 4) is 39.8 Å². The third-order valence-electron chi connectivity index (χ3n) is 9.72. The van der Waals surface area contributed by atoms with Gasteiger partial charge in [0.25, 0.3) is 0 Å². The maximum Gasteiger partial charge on any atom is 3.00 e. The van der Waals surface area contributed by atoms with E-state index in [1.54, 1.807) is 54.6 Å². The summed E-state index contributed by atoms with van der Waals surface area (Å²) in [4.78, 5) is 13.2. The van der Waals surface area contributed by atoms with Crippen LogP contribution in [0.4, 0.5) is 0 Å².